The summed E-state index contributed by atoms with van der Waals surface area (Å²) in [5, 5.41) is 0. The van der Waals surface area contributed by atoms with E-state index in [4.69, 9.17) is 5.73 Å². The van der Waals surface area contributed by atoms with E-state index in [1.54, 1.807) is 0 Å². The van der Waals surface area contributed by atoms with Crippen molar-refractivity contribution in [2.24, 2.45) is 5.73 Å². The van der Waals surface area contributed by atoms with Crippen LogP contribution < -0.4 is 5.73 Å². The average Bonchev–Trinajstić information content (AvgIpc) is 2.75. The molecule has 0 aromatic rings. The first kappa shape index (κ1) is 15.2. The molecule has 106 valence electrons. The molecule has 1 saturated heterocycles. The van der Waals surface area contributed by atoms with Gasteiger partial charge in [0.1, 0.15) is 0 Å². The van der Waals surface area contributed by atoms with Gasteiger partial charge in [-0.1, -0.05) is 0 Å². The zero-order chi connectivity index (χ0) is 14.0. The van der Waals surface area contributed by atoms with Gasteiger partial charge in [-0.05, 0) is 32.9 Å². The summed E-state index contributed by atoms with van der Waals surface area (Å²) in [5.74, 6) is -1.09. The number of hydrogen-bond acceptors (Lipinski definition) is 3. The zero-order valence-electron chi connectivity index (χ0n) is 10.8. The molecule has 1 unspecified atom stereocenters. The Morgan fingerprint density at radius 3 is 2.28 bits per heavy atom. The molecule has 0 saturated carbocycles. The first-order valence-electron chi connectivity index (χ1n) is 6.00. The van der Waals surface area contributed by atoms with Gasteiger partial charge >= 0.3 is 6.18 Å². The van der Waals surface area contributed by atoms with Crippen LogP contribution in [0.5, 0.6) is 0 Å². The minimum Gasteiger partial charge on any atom is -0.343 e. The molecule has 1 rings (SSSR count). The molecule has 0 bridgehead atoms. The lowest BCUT2D eigenvalue weighted by Gasteiger charge is -2.31. The van der Waals surface area contributed by atoms with E-state index in [0.29, 0.717) is 13.5 Å². The van der Waals surface area contributed by atoms with Crippen LogP contribution in [-0.4, -0.2) is 60.6 Å². The standard InChI is InChI=1S/C11H20F3N3O/c1-10(15,11(12,13)14)9(18)16(2)7-8-17-5-3-4-6-17/h3-8,15H2,1-2H3. The van der Waals surface area contributed by atoms with Crippen molar-refractivity contribution >= 4 is 5.91 Å². The average molecular weight is 267 g/mol. The van der Waals surface area contributed by atoms with Crippen molar-refractivity contribution in [3.63, 3.8) is 0 Å². The molecular formula is C11H20F3N3O. The molecule has 0 aromatic heterocycles. The Balaban J connectivity index is 2.50. The molecular weight excluding hydrogens is 247 g/mol. The number of rotatable bonds is 4. The second-order valence-electron chi connectivity index (χ2n) is 4.98. The molecule has 0 radical (unpaired) electrons. The van der Waals surface area contributed by atoms with Gasteiger partial charge in [-0.15, -0.1) is 0 Å². The second kappa shape index (κ2) is 5.44. The molecule has 1 amide bonds. The van der Waals surface area contributed by atoms with Gasteiger partial charge in [-0.3, -0.25) is 4.79 Å². The predicted octanol–water partition coefficient (Wildman–Crippen LogP) is 0.820. The van der Waals surface area contributed by atoms with E-state index in [1.165, 1.54) is 7.05 Å². The number of nitrogens with zero attached hydrogens (tertiary/aromatic N) is 2. The Morgan fingerprint density at radius 2 is 1.83 bits per heavy atom. The van der Waals surface area contributed by atoms with E-state index in [1.807, 2.05) is 0 Å². The molecule has 1 heterocycles. The van der Waals surface area contributed by atoms with Gasteiger partial charge in [0.05, 0.1) is 0 Å². The predicted molar refractivity (Wildman–Crippen MR) is 62.0 cm³/mol. The highest BCUT2D eigenvalue weighted by atomic mass is 19.4. The van der Waals surface area contributed by atoms with Gasteiger partial charge in [0.15, 0.2) is 5.54 Å². The lowest BCUT2D eigenvalue weighted by molar-refractivity contribution is -0.193. The number of amides is 1. The van der Waals surface area contributed by atoms with E-state index < -0.39 is 17.6 Å². The van der Waals surface area contributed by atoms with Gasteiger partial charge in [0, 0.05) is 20.1 Å². The highest BCUT2D eigenvalue weighted by Crippen LogP contribution is 2.29. The number of carbonyl (C=O) groups excluding carboxylic acids is 1. The number of halogens is 3. The van der Waals surface area contributed by atoms with Crippen LogP contribution in [0, 0.1) is 0 Å². The van der Waals surface area contributed by atoms with E-state index in [-0.39, 0.29) is 6.54 Å². The molecule has 1 atom stereocenters. The summed E-state index contributed by atoms with van der Waals surface area (Å²) < 4.78 is 37.8. The van der Waals surface area contributed by atoms with Crippen molar-refractivity contribution in [2.75, 3.05) is 33.2 Å². The third kappa shape index (κ3) is 3.35. The van der Waals surface area contributed by atoms with Gasteiger partial charge < -0.3 is 15.5 Å². The van der Waals surface area contributed by atoms with Gasteiger partial charge in [-0.25, -0.2) is 0 Å². The minimum absolute atomic E-state index is 0.266. The third-order valence-electron chi connectivity index (χ3n) is 3.33. The Hall–Kier alpha value is -0.820. The Kier molecular flexibility index (Phi) is 4.61. The van der Waals surface area contributed by atoms with Gasteiger partial charge in [0.25, 0.3) is 5.91 Å². The number of hydrogen-bond donors (Lipinski definition) is 1. The molecule has 7 heteroatoms. The highest BCUT2D eigenvalue weighted by molar-refractivity contribution is 5.86. The molecule has 0 aliphatic carbocycles. The molecule has 1 aliphatic heterocycles. The molecule has 1 fully saturated rings. The zero-order valence-corrected chi connectivity index (χ0v) is 10.8. The van der Waals surface area contributed by atoms with E-state index >= 15 is 0 Å². The summed E-state index contributed by atoms with van der Waals surface area (Å²) in [5.41, 5.74) is 2.28. The number of likely N-dealkylation sites (N-methyl/N-ethyl adjacent to an activating group) is 1. The minimum atomic E-state index is -4.73. The summed E-state index contributed by atoms with van der Waals surface area (Å²) in [6, 6.07) is 0. The monoisotopic (exact) mass is 267 g/mol. The lowest BCUT2D eigenvalue weighted by Crippen LogP contribution is -2.62. The first-order chi connectivity index (χ1) is 8.16. The maximum absolute atomic E-state index is 12.6. The number of likely N-dealkylation sites (tertiary alicyclic amines) is 1. The number of alkyl halides is 3. The molecule has 0 spiro atoms. The van der Waals surface area contributed by atoms with Gasteiger partial charge in [0.2, 0.25) is 0 Å². The summed E-state index contributed by atoms with van der Waals surface area (Å²) in [7, 11) is 1.36. The van der Waals surface area contributed by atoms with Crippen LogP contribution in [0.3, 0.4) is 0 Å². The largest absolute Gasteiger partial charge is 0.415 e. The molecule has 1 aliphatic rings. The van der Waals surface area contributed by atoms with Gasteiger partial charge in [-0.2, -0.15) is 13.2 Å². The summed E-state index contributed by atoms with van der Waals surface area (Å²) in [6.45, 7) is 3.46. The molecule has 2 N–H and O–H groups in total. The van der Waals surface area contributed by atoms with E-state index in [9.17, 15) is 18.0 Å². The third-order valence-corrected chi connectivity index (χ3v) is 3.33. The van der Waals surface area contributed by atoms with Crippen LogP contribution >= 0.6 is 0 Å². The van der Waals surface area contributed by atoms with Crippen LogP contribution in [0.4, 0.5) is 13.2 Å². The van der Waals surface area contributed by atoms with Crippen LogP contribution in [-0.2, 0) is 4.79 Å². The molecule has 0 aromatic carbocycles. The Morgan fingerprint density at radius 1 is 1.33 bits per heavy atom. The summed E-state index contributed by atoms with van der Waals surface area (Å²) in [6.07, 6.45) is -2.52. The normalized spacial score (nSPS) is 20.8. The lowest BCUT2D eigenvalue weighted by atomic mass is 10.0. The fraction of sp³-hybridized carbons (Fsp3) is 0.909. The maximum Gasteiger partial charge on any atom is 0.415 e. The molecule has 18 heavy (non-hydrogen) atoms. The second-order valence-corrected chi connectivity index (χ2v) is 4.98. The smallest absolute Gasteiger partial charge is 0.343 e. The highest BCUT2D eigenvalue weighted by Gasteiger charge is 2.54. The number of carbonyl (C=O) groups is 1. The van der Waals surface area contributed by atoms with Crippen LogP contribution in [0.1, 0.15) is 19.8 Å². The van der Waals surface area contributed by atoms with Crippen LogP contribution in [0.2, 0.25) is 0 Å². The van der Waals surface area contributed by atoms with E-state index in [0.717, 1.165) is 30.8 Å². The van der Waals surface area contributed by atoms with E-state index in [2.05, 4.69) is 4.90 Å². The van der Waals surface area contributed by atoms with Crippen molar-refractivity contribution in [3.05, 3.63) is 0 Å². The topological polar surface area (TPSA) is 49.6 Å². The first-order valence-corrected chi connectivity index (χ1v) is 6.00. The SMILES string of the molecule is CN(CCN1CCCC1)C(=O)C(C)(N)C(F)(F)F. The van der Waals surface area contributed by atoms with Crippen molar-refractivity contribution in [1.29, 1.82) is 0 Å². The Bertz CT molecular complexity index is 298. The maximum atomic E-state index is 12.6. The van der Waals surface area contributed by atoms with Crippen molar-refractivity contribution in [1.82, 2.24) is 9.80 Å². The Labute approximate surface area is 105 Å². The fourth-order valence-corrected chi connectivity index (χ4v) is 1.92. The fourth-order valence-electron chi connectivity index (χ4n) is 1.92. The quantitative estimate of drug-likeness (QED) is 0.820. The number of nitrogens with two attached hydrogens (primary N) is 1. The summed E-state index contributed by atoms with van der Waals surface area (Å²) in [4.78, 5) is 14.9. The van der Waals surface area contributed by atoms with Crippen LogP contribution in [0.25, 0.3) is 0 Å². The van der Waals surface area contributed by atoms with Crippen molar-refractivity contribution < 1.29 is 18.0 Å². The molecule has 4 nitrogen and oxygen atoms in total. The van der Waals surface area contributed by atoms with Crippen molar-refractivity contribution in [2.45, 2.75) is 31.5 Å². The van der Waals surface area contributed by atoms with Crippen LogP contribution in [0.15, 0.2) is 0 Å². The summed E-state index contributed by atoms with van der Waals surface area (Å²) >= 11 is 0. The van der Waals surface area contributed by atoms with Crippen molar-refractivity contribution in [3.8, 4) is 0 Å².